The Labute approximate surface area is 126 Å². The molecule has 0 bridgehead atoms. The van der Waals surface area contributed by atoms with Crippen molar-refractivity contribution in [1.82, 2.24) is 5.32 Å². The van der Waals surface area contributed by atoms with E-state index >= 15 is 0 Å². The Morgan fingerprint density at radius 3 is 2.70 bits per heavy atom. The molecular formula is C13H16ClNO4S. The van der Waals surface area contributed by atoms with Gasteiger partial charge in [0, 0.05) is 10.8 Å². The minimum atomic E-state index is -1.28. The second kappa shape index (κ2) is 8.14. The quantitative estimate of drug-likeness (QED) is 0.710. The zero-order valence-corrected chi connectivity index (χ0v) is 12.4. The van der Waals surface area contributed by atoms with Gasteiger partial charge in [0.25, 0.3) is 0 Å². The van der Waals surface area contributed by atoms with Gasteiger partial charge < -0.3 is 15.5 Å². The number of benzene rings is 1. The molecule has 0 heterocycles. The summed E-state index contributed by atoms with van der Waals surface area (Å²) in [6, 6.07) is 6.01. The van der Waals surface area contributed by atoms with Crippen molar-refractivity contribution in [2.45, 2.75) is 24.8 Å². The second-order valence-electron chi connectivity index (χ2n) is 4.25. The predicted molar refractivity (Wildman–Crippen MR) is 78.9 cm³/mol. The first kappa shape index (κ1) is 16.8. The van der Waals surface area contributed by atoms with E-state index in [1.807, 2.05) is 18.2 Å². The lowest BCUT2D eigenvalue weighted by Crippen LogP contribution is -2.48. The Hall–Kier alpha value is -1.24. The molecule has 1 rings (SSSR count). The number of hydrogen-bond donors (Lipinski definition) is 3. The third-order valence-electron chi connectivity index (χ3n) is 2.46. The lowest BCUT2D eigenvalue weighted by molar-refractivity contribution is -0.144. The largest absolute Gasteiger partial charge is 0.480 e. The van der Waals surface area contributed by atoms with Crippen molar-refractivity contribution in [3.63, 3.8) is 0 Å². The van der Waals surface area contributed by atoms with Crippen molar-refractivity contribution < 1.29 is 19.8 Å². The zero-order valence-electron chi connectivity index (χ0n) is 10.9. The fraction of sp³-hybridized carbons (Fsp3) is 0.385. The molecule has 2 atom stereocenters. The summed E-state index contributed by atoms with van der Waals surface area (Å²) < 4.78 is 0. The van der Waals surface area contributed by atoms with E-state index in [4.69, 9.17) is 16.7 Å². The number of hydrogen-bond acceptors (Lipinski definition) is 4. The molecule has 0 unspecified atom stereocenters. The molecule has 0 fully saturated rings. The maximum absolute atomic E-state index is 11.6. The summed E-state index contributed by atoms with van der Waals surface area (Å²) in [5, 5.41) is 21.0. The van der Waals surface area contributed by atoms with E-state index in [1.54, 1.807) is 6.07 Å². The normalized spacial score (nSPS) is 13.6. The van der Waals surface area contributed by atoms with E-state index in [9.17, 15) is 14.7 Å². The Morgan fingerprint density at radius 1 is 1.45 bits per heavy atom. The van der Waals surface area contributed by atoms with Gasteiger partial charge in [-0.15, -0.1) is 11.8 Å². The fourth-order valence-electron chi connectivity index (χ4n) is 1.49. The molecule has 7 heteroatoms. The summed E-state index contributed by atoms with van der Waals surface area (Å²) >= 11 is 7.19. The molecule has 0 aliphatic heterocycles. The van der Waals surface area contributed by atoms with Gasteiger partial charge in [-0.1, -0.05) is 23.7 Å². The molecule has 1 aromatic carbocycles. The van der Waals surface area contributed by atoms with Crippen molar-refractivity contribution in [2.75, 3.05) is 5.75 Å². The van der Waals surface area contributed by atoms with Crippen LogP contribution in [0.5, 0.6) is 0 Å². The topological polar surface area (TPSA) is 86.6 Å². The van der Waals surface area contributed by atoms with E-state index in [-0.39, 0.29) is 5.75 Å². The number of carbonyl (C=O) groups is 2. The minimum absolute atomic E-state index is 0.114. The number of carboxylic acids is 1. The minimum Gasteiger partial charge on any atom is -0.480 e. The lowest BCUT2D eigenvalue weighted by Gasteiger charge is -2.16. The van der Waals surface area contributed by atoms with Crippen LogP contribution in [0.25, 0.3) is 0 Å². The first-order chi connectivity index (χ1) is 9.40. The summed E-state index contributed by atoms with van der Waals surface area (Å²) in [6.07, 6.45) is -1.14. The van der Waals surface area contributed by atoms with Gasteiger partial charge in [0.1, 0.15) is 0 Å². The summed E-state index contributed by atoms with van der Waals surface area (Å²) in [7, 11) is 0. The number of aliphatic hydroxyl groups excluding tert-OH is 1. The third kappa shape index (κ3) is 5.81. The molecule has 110 valence electrons. The number of amides is 1. The highest BCUT2D eigenvalue weighted by Gasteiger charge is 2.24. The van der Waals surface area contributed by atoms with Crippen LogP contribution < -0.4 is 5.32 Å². The van der Waals surface area contributed by atoms with E-state index in [0.29, 0.717) is 10.8 Å². The molecule has 0 saturated carbocycles. The molecule has 20 heavy (non-hydrogen) atoms. The summed E-state index contributed by atoms with van der Waals surface area (Å²) in [5.41, 5.74) is 0.987. The van der Waals surface area contributed by atoms with Crippen LogP contribution in [0, 0.1) is 0 Å². The van der Waals surface area contributed by atoms with Gasteiger partial charge >= 0.3 is 5.97 Å². The molecule has 1 aromatic rings. The summed E-state index contributed by atoms with van der Waals surface area (Å²) in [6.45, 7) is 1.32. The van der Waals surface area contributed by atoms with Crippen LogP contribution in [0.4, 0.5) is 0 Å². The number of nitrogens with one attached hydrogen (secondary N) is 1. The van der Waals surface area contributed by atoms with Crippen LogP contribution in [-0.4, -0.2) is 40.0 Å². The van der Waals surface area contributed by atoms with Crippen molar-refractivity contribution in [3.05, 3.63) is 34.9 Å². The highest BCUT2D eigenvalue weighted by molar-refractivity contribution is 7.99. The van der Waals surface area contributed by atoms with E-state index < -0.39 is 24.0 Å². The molecule has 0 radical (unpaired) electrons. The summed E-state index contributed by atoms with van der Waals surface area (Å²) in [5.74, 6) is -0.970. The molecule has 3 N–H and O–H groups in total. The first-order valence-electron chi connectivity index (χ1n) is 5.92. The van der Waals surface area contributed by atoms with E-state index in [2.05, 4.69) is 5.32 Å². The monoisotopic (exact) mass is 317 g/mol. The van der Waals surface area contributed by atoms with Gasteiger partial charge in [-0.3, -0.25) is 4.79 Å². The average molecular weight is 318 g/mol. The Morgan fingerprint density at radius 2 is 2.15 bits per heavy atom. The van der Waals surface area contributed by atoms with Gasteiger partial charge in [0.05, 0.1) is 11.9 Å². The lowest BCUT2D eigenvalue weighted by atomic mass is 10.2. The Kier molecular flexibility index (Phi) is 6.84. The van der Waals surface area contributed by atoms with E-state index in [0.717, 1.165) is 5.56 Å². The molecule has 0 aromatic heterocycles. The van der Waals surface area contributed by atoms with Crippen LogP contribution in [0.3, 0.4) is 0 Å². The molecule has 0 aliphatic carbocycles. The van der Waals surface area contributed by atoms with E-state index in [1.165, 1.54) is 18.7 Å². The molecular weight excluding hydrogens is 302 g/mol. The van der Waals surface area contributed by atoms with Gasteiger partial charge in [0.2, 0.25) is 5.91 Å². The number of aliphatic hydroxyl groups is 1. The number of thioether (sulfide) groups is 1. The average Bonchev–Trinajstić information content (AvgIpc) is 2.35. The molecule has 0 saturated heterocycles. The fourth-order valence-corrected chi connectivity index (χ4v) is 2.49. The molecule has 1 amide bonds. The maximum atomic E-state index is 11.6. The van der Waals surface area contributed by atoms with Gasteiger partial charge in [-0.05, 0) is 24.6 Å². The molecule has 5 nitrogen and oxygen atoms in total. The standard InChI is InChI=1S/C13H16ClNO4S/c1-8(16)12(13(18)19)15-11(17)7-20-6-9-3-2-4-10(14)5-9/h2-5,8,12,16H,6-7H2,1H3,(H,15,17)(H,18,19)/t8-,12+/m1/s1. The second-order valence-corrected chi connectivity index (χ2v) is 5.67. The number of carbonyl (C=O) groups excluding carboxylic acids is 1. The Bertz CT molecular complexity index is 481. The van der Waals surface area contributed by atoms with Crippen LogP contribution in [0.2, 0.25) is 5.02 Å². The van der Waals surface area contributed by atoms with Crippen molar-refractivity contribution in [1.29, 1.82) is 0 Å². The van der Waals surface area contributed by atoms with Crippen LogP contribution >= 0.6 is 23.4 Å². The molecule has 0 spiro atoms. The molecule has 0 aliphatic rings. The third-order valence-corrected chi connectivity index (χ3v) is 3.69. The zero-order chi connectivity index (χ0) is 15.1. The Balaban J connectivity index is 2.38. The SMILES string of the molecule is C[C@@H](O)[C@H](NC(=O)CSCc1cccc(Cl)c1)C(=O)O. The summed E-state index contributed by atoms with van der Waals surface area (Å²) in [4.78, 5) is 22.4. The van der Waals surface area contributed by atoms with Gasteiger partial charge in [-0.2, -0.15) is 0 Å². The highest BCUT2D eigenvalue weighted by atomic mass is 35.5. The maximum Gasteiger partial charge on any atom is 0.328 e. The number of rotatable bonds is 7. The number of halogens is 1. The van der Waals surface area contributed by atoms with Crippen LogP contribution in [0.15, 0.2) is 24.3 Å². The van der Waals surface area contributed by atoms with Crippen LogP contribution in [-0.2, 0) is 15.3 Å². The van der Waals surface area contributed by atoms with Crippen molar-refractivity contribution in [2.24, 2.45) is 0 Å². The smallest absolute Gasteiger partial charge is 0.328 e. The highest BCUT2D eigenvalue weighted by Crippen LogP contribution is 2.16. The van der Waals surface area contributed by atoms with Gasteiger partial charge in [-0.25, -0.2) is 4.79 Å². The number of carboxylic acid groups (broad SMARTS) is 1. The predicted octanol–water partition coefficient (Wildman–Crippen LogP) is 1.52. The number of aliphatic carboxylic acids is 1. The first-order valence-corrected chi connectivity index (χ1v) is 7.46. The van der Waals surface area contributed by atoms with Crippen LogP contribution in [0.1, 0.15) is 12.5 Å². The van der Waals surface area contributed by atoms with Crippen molar-refractivity contribution in [3.8, 4) is 0 Å². The van der Waals surface area contributed by atoms with Crippen molar-refractivity contribution >= 4 is 35.2 Å². The van der Waals surface area contributed by atoms with Gasteiger partial charge in [0.15, 0.2) is 6.04 Å².